The molecule has 0 amide bonds. The second kappa shape index (κ2) is 12.6. The molecule has 0 spiro atoms. The maximum atomic E-state index is 6.72. The predicted octanol–water partition coefficient (Wildman–Crippen LogP) is 13.1. The lowest BCUT2D eigenvalue weighted by Crippen LogP contribution is -2.20. The van der Waals surface area contributed by atoms with Crippen LogP contribution in [0.3, 0.4) is 0 Å². The van der Waals surface area contributed by atoms with Crippen LogP contribution in [0.15, 0.2) is 188 Å². The topological polar surface area (TPSA) is 47.9 Å². The molecule has 10 aromatic rings. The maximum Gasteiger partial charge on any atom is 0.164 e. The molecule has 9 aromatic carbocycles. The van der Waals surface area contributed by atoms with Gasteiger partial charge in [0.25, 0.3) is 0 Å². The number of nitrogens with zero attached hydrogens (tertiary/aromatic N) is 3. The fraction of sp³-hybridized carbons (Fsp3) is 0.0377. The lowest BCUT2D eigenvalue weighted by molar-refractivity contribution is 0.271. The van der Waals surface area contributed by atoms with Gasteiger partial charge in [0.05, 0.1) is 5.92 Å². The Bertz CT molecular complexity index is 3220. The zero-order chi connectivity index (χ0) is 37.5. The average Bonchev–Trinajstić information content (AvgIpc) is 3.66. The van der Waals surface area contributed by atoms with Crippen LogP contribution in [0, 0.1) is 0 Å². The normalized spacial score (nSPS) is 15.9. The van der Waals surface area contributed by atoms with Crippen molar-refractivity contribution in [3.63, 3.8) is 0 Å². The van der Waals surface area contributed by atoms with Gasteiger partial charge >= 0.3 is 0 Å². The number of rotatable bonds is 4. The van der Waals surface area contributed by atoms with Crippen molar-refractivity contribution in [1.29, 1.82) is 0 Å². The van der Waals surface area contributed by atoms with E-state index in [0.29, 0.717) is 17.5 Å². The van der Waals surface area contributed by atoms with Crippen LogP contribution >= 0.6 is 0 Å². The van der Waals surface area contributed by atoms with E-state index in [-0.39, 0.29) is 12.0 Å². The summed E-state index contributed by atoms with van der Waals surface area (Å²) in [6.45, 7) is 0. The van der Waals surface area contributed by atoms with E-state index in [2.05, 4.69) is 188 Å². The zero-order valence-electron chi connectivity index (χ0n) is 30.8. The molecule has 0 fully saturated rings. The van der Waals surface area contributed by atoms with E-state index >= 15 is 0 Å². The lowest BCUT2D eigenvalue weighted by Gasteiger charge is -2.22. The summed E-state index contributed by atoms with van der Waals surface area (Å²) >= 11 is 0. The molecule has 0 bridgehead atoms. The van der Waals surface area contributed by atoms with Gasteiger partial charge in [-0.2, -0.15) is 0 Å². The van der Waals surface area contributed by atoms with Crippen LogP contribution in [0.2, 0.25) is 0 Å². The van der Waals surface area contributed by atoms with E-state index in [0.717, 1.165) is 33.6 Å². The molecule has 0 N–H and O–H groups in total. The smallest absolute Gasteiger partial charge is 0.164 e. The van der Waals surface area contributed by atoms with Gasteiger partial charge in [-0.05, 0) is 95.3 Å². The highest BCUT2D eigenvalue weighted by Crippen LogP contribution is 2.49. The molecule has 2 atom stereocenters. The van der Waals surface area contributed by atoms with Gasteiger partial charge in [-0.15, -0.1) is 0 Å². The van der Waals surface area contributed by atoms with Crippen LogP contribution < -0.4 is 4.74 Å². The molecule has 4 nitrogen and oxygen atoms in total. The van der Waals surface area contributed by atoms with Gasteiger partial charge in [0.1, 0.15) is 11.9 Å². The number of hydrogen-bond acceptors (Lipinski definition) is 4. The molecule has 4 heteroatoms. The van der Waals surface area contributed by atoms with E-state index in [9.17, 15) is 0 Å². The van der Waals surface area contributed by atoms with Gasteiger partial charge in [-0.1, -0.05) is 158 Å². The van der Waals surface area contributed by atoms with Crippen molar-refractivity contribution in [1.82, 2.24) is 15.0 Å². The number of hydrogen-bond donors (Lipinski definition) is 0. The molecule has 0 radical (unpaired) electrons. The van der Waals surface area contributed by atoms with Gasteiger partial charge < -0.3 is 4.74 Å². The van der Waals surface area contributed by atoms with Crippen molar-refractivity contribution in [2.45, 2.75) is 12.0 Å². The number of fused-ring (bicyclic) bond motifs is 10. The summed E-state index contributed by atoms with van der Waals surface area (Å²) < 4.78 is 6.72. The van der Waals surface area contributed by atoms with E-state index < -0.39 is 0 Å². The minimum absolute atomic E-state index is 0.0696. The summed E-state index contributed by atoms with van der Waals surface area (Å²) in [6.07, 6.45) is 6.21. The van der Waals surface area contributed by atoms with Crippen molar-refractivity contribution in [3.8, 4) is 39.7 Å². The first-order valence-corrected chi connectivity index (χ1v) is 19.5. The number of allylic oxidation sites excluding steroid dienone is 2. The first kappa shape index (κ1) is 31.9. The molecule has 2 heterocycles. The molecule has 0 saturated heterocycles. The van der Waals surface area contributed by atoms with E-state index in [1.54, 1.807) is 0 Å². The van der Waals surface area contributed by atoms with E-state index in [1.165, 1.54) is 59.4 Å². The lowest BCUT2D eigenvalue weighted by atomic mass is 9.83. The Morgan fingerprint density at radius 1 is 0.386 bits per heavy atom. The van der Waals surface area contributed by atoms with Crippen molar-refractivity contribution < 1.29 is 4.74 Å². The molecular formula is C53H33N3O. The van der Waals surface area contributed by atoms with Crippen LogP contribution in [-0.4, -0.2) is 21.1 Å². The third-order valence-corrected chi connectivity index (χ3v) is 11.8. The van der Waals surface area contributed by atoms with Crippen molar-refractivity contribution >= 4 is 59.4 Å². The van der Waals surface area contributed by atoms with Gasteiger partial charge in [-0.3, -0.25) is 0 Å². The van der Waals surface area contributed by atoms with Crippen LogP contribution in [0.5, 0.6) is 5.75 Å². The fourth-order valence-corrected chi connectivity index (χ4v) is 8.96. The van der Waals surface area contributed by atoms with Gasteiger partial charge in [0.2, 0.25) is 0 Å². The highest BCUT2D eigenvalue weighted by molar-refractivity contribution is 6.09. The largest absolute Gasteiger partial charge is 0.485 e. The zero-order valence-corrected chi connectivity index (χ0v) is 30.8. The Morgan fingerprint density at radius 3 is 1.54 bits per heavy atom. The molecule has 2 unspecified atom stereocenters. The first-order valence-electron chi connectivity index (χ1n) is 19.5. The van der Waals surface area contributed by atoms with Gasteiger partial charge in [0.15, 0.2) is 17.5 Å². The molecule has 1 aliphatic heterocycles. The number of ether oxygens (including phenoxy) is 1. The molecule has 12 rings (SSSR count). The predicted molar refractivity (Wildman–Crippen MR) is 234 cm³/mol. The third-order valence-electron chi connectivity index (χ3n) is 11.8. The molecule has 0 saturated carbocycles. The van der Waals surface area contributed by atoms with Gasteiger partial charge in [-0.25, -0.2) is 15.0 Å². The fourth-order valence-electron chi connectivity index (χ4n) is 8.96. The minimum atomic E-state index is -0.172. The first-order chi connectivity index (χ1) is 28.2. The second-order valence-electron chi connectivity index (χ2n) is 15.1. The quantitative estimate of drug-likeness (QED) is 0.169. The van der Waals surface area contributed by atoms with E-state index in [4.69, 9.17) is 19.7 Å². The Hall–Kier alpha value is -7.43. The molecule has 266 valence electrons. The average molecular weight is 728 g/mol. The summed E-state index contributed by atoms with van der Waals surface area (Å²) in [7, 11) is 0. The van der Waals surface area contributed by atoms with Crippen molar-refractivity contribution in [3.05, 3.63) is 199 Å². The minimum Gasteiger partial charge on any atom is -0.485 e. The Labute approximate surface area is 329 Å². The summed E-state index contributed by atoms with van der Waals surface area (Å²) in [5.74, 6) is 2.76. The molecule has 2 aliphatic rings. The molecule has 1 aromatic heterocycles. The standard InChI is InChI=1S/C53H33N3O/c1-2-11-37-28-38(23-16-32(37)8-1)39-26-27-44-49(31-39)57-48-15-7-14-45(50(44)48)53-55-51(40-24-21-35-19-17-33-9-3-5-12-42(33)46(35)29-40)54-52(56-53)41-25-22-36-20-18-34-10-4-6-13-43(34)47(36)30-41/h1-31,48,50H. The van der Waals surface area contributed by atoms with Crippen LogP contribution in [0.25, 0.3) is 93.3 Å². The molecule has 1 aliphatic carbocycles. The summed E-state index contributed by atoms with van der Waals surface area (Å²) in [5, 5.41) is 12.0. The maximum absolute atomic E-state index is 6.72. The van der Waals surface area contributed by atoms with Crippen molar-refractivity contribution in [2.24, 2.45) is 0 Å². The Balaban J connectivity index is 1.02. The third kappa shape index (κ3) is 5.26. The Kier molecular flexibility index (Phi) is 7.02. The SMILES string of the molecule is C1=CC2Oc3cc(-c4ccc5ccccc5c4)ccc3C2C(c2nc(-c3ccc4ccc5ccccc5c4c3)nc(-c3ccc4ccc5ccccc5c4c3)n2)=C1. The monoisotopic (exact) mass is 727 g/mol. The van der Waals surface area contributed by atoms with Crippen LogP contribution in [0.4, 0.5) is 0 Å². The number of aromatic nitrogens is 3. The van der Waals surface area contributed by atoms with Crippen LogP contribution in [0.1, 0.15) is 17.3 Å². The van der Waals surface area contributed by atoms with E-state index in [1.807, 2.05) is 0 Å². The highest BCUT2D eigenvalue weighted by Gasteiger charge is 2.39. The molecular weight excluding hydrogens is 695 g/mol. The second-order valence-corrected chi connectivity index (χ2v) is 15.1. The summed E-state index contributed by atoms with van der Waals surface area (Å²) in [4.78, 5) is 15.8. The Morgan fingerprint density at radius 2 is 0.877 bits per heavy atom. The van der Waals surface area contributed by atoms with Crippen LogP contribution in [-0.2, 0) is 0 Å². The summed E-state index contributed by atoms with van der Waals surface area (Å²) in [6, 6.07) is 60.6. The van der Waals surface area contributed by atoms with Gasteiger partial charge in [0, 0.05) is 22.3 Å². The molecule has 57 heavy (non-hydrogen) atoms. The number of benzene rings is 9. The summed E-state index contributed by atoms with van der Waals surface area (Å²) in [5.41, 5.74) is 6.34. The van der Waals surface area contributed by atoms with Crippen molar-refractivity contribution in [2.75, 3.05) is 0 Å². The highest BCUT2D eigenvalue weighted by atomic mass is 16.5.